The van der Waals surface area contributed by atoms with E-state index in [0.29, 0.717) is 0 Å². The molecule has 0 unspecified atom stereocenters. The molecule has 0 aliphatic carbocycles. The van der Waals surface area contributed by atoms with E-state index in [9.17, 15) is 27.6 Å². The van der Waals surface area contributed by atoms with Gasteiger partial charge in [0, 0.05) is 6.20 Å². The molecule has 0 fully saturated rings. The molecule has 32 heavy (non-hydrogen) atoms. The number of pyridine rings is 1. The molecule has 0 amide bonds. The summed E-state index contributed by atoms with van der Waals surface area (Å²) in [6.45, 7) is 0. The third kappa shape index (κ3) is 3.40. The summed E-state index contributed by atoms with van der Waals surface area (Å²) >= 11 is 0. The minimum Gasteiger partial charge on any atom is -0.465 e. The molecule has 164 valence electrons. The number of carbonyl (C=O) groups is 2. The van der Waals surface area contributed by atoms with E-state index >= 15 is 0 Å². The van der Waals surface area contributed by atoms with E-state index in [1.165, 1.54) is 30.5 Å². The van der Waals surface area contributed by atoms with Crippen LogP contribution in [0.1, 0.15) is 26.5 Å². The minimum absolute atomic E-state index is 0.0370. The van der Waals surface area contributed by atoms with E-state index in [4.69, 9.17) is 0 Å². The van der Waals surface area contributed by atoms with Crippen molar-refractivity contribution in [3.8, 4) is 5.69 Å². The Morgan fingerprint density at radius 2 is 1.62 bits per heavy atom. The van der Waals surface area contributed by atoms with Crippen molar-refractivity contribution < 1.29 is 32.2 Å². The van der Waals surface area contributed by atoms with Gasteiger partial charge in [-0.1, -0.05) is 0 Å². The number of aromatic nitrogens is 6. The van der Waals surface area contributed by atoms with Gasteiger partial charge in [-0.25, -0.2) is 9.59 Å². The molecule has 11 nitrogen and oxygen atoms in total. The summed E-state index contributed by atoms with van der Waals surface area (Å²) in [5.41, 5.74) is -1.18. The standard InChI is InChI=1S/C18H11F3N6O5/c1-31-14(29)8-5-9(15(30)32-2)7-10(6-8)26-4-3-11-12(13(26)28)23-24-17-22-16(18(19,20)21)25-27(11)17/h3-7H,1-2H3. The Hall–Kier alpha value is -4.36. The van der Waals surface area contributed by atoms with Gasteiger partial charge in [0.2, 0.25) is 0 Å². The molecule has 0 saturated carbocycles. The molecular formula is C18H11F3N6O5. The van der Waals surface area contributed by atoms with Crippen LogP contribution in [0.4, 0.5) is 13.2 Å². The van der Waals surface area contributed by atoms with Gasteiger partial charge in [0.25, 0.3) is 17.2 Å². The molecule has 0 saturated heterocycles. The fourth-order valence-electron chi connectivity index (χ4n) is 2.95. The predicted molar refractivity (Wildman–Crippen MR) is 99.4 cm³/mol. The largest absolute Gasteiger partial charge is 0.465 e. The SMILES string of the molecule is COC(=O)c1cc(C(=O)OC)cc(-n2ccc3c(nnc4nc(C(F)(F)F)nn43)c2=O)c1. The Kier molecular flexibility index (Phi) is 4.83. The van der Waals surface area contributed by atoms with Crippen molar-refractivity contribution in [2.75, 3.05) is 14.2 Å². The highest BCUT2D eigenvalue weighted by molar-refractivity contribution is 5.96. The molecule has 0 radical (unpaired) electrons. The van der Waals surface area contributed by atoms with Crippen LogP contribution >= 0.6 is 0 Å². The second-order valence-electron chi connectivity index (χ2n) is 6.32. The fourth-order valence-corrected chi connectivity index (χ4v) is 2.95. The van der Waals surface area contributed by atoms with Crippen LogP contribution in [0, 0.1) is 0 Å². The molecule has 0 spiro atoms. The van der Waals surface area contributed by atoms with Crippen LogP contribution in [0.25, 0.3) is 22.5 Å². The zero-order valence-corrected chi connectivity index (χ0v) is 16.2. The Bertz CT molecular complexity index is 1430. The highest BCUT2D eigenvalue weighted by Gasteiger charge is 2.37. The fraction of sp³-hybridized carbons (Fsp3) is 0.167. The number of esters is 2. The van der Waals surface area contributed by atoms with Crippen LogP contribution in [0.5, 0.6) is 0 Å². The Morgan fingerprint density at radius 3 is 2.19 bits per heavy atom. The second kappa shape index (κ2) is 7.40. The number of nitrogens with zero attached hydrogens (tertiary/aromatic N) is 6. The van der Waals surface area contributed by atoms with Crippen molar-refractivity contribution in [1.82, 2.24) is 29.4 Å². The van der Waals surface area contributed by atoms with Gasteiger partial charge in [0.05, 0.1) is 31.0 Å². The van der Waals surface area contributed by atoms with Crippen LogP contribution in [0.2, 0.25) is 0 Å². The zero-order valence-electron chi connectivity index (χ0n) is 16.2. The number of ether oxygens (including phenoxy) is 2. The lowest BCUT2D eigenvalue weighted by atomic mass is 10.1. The first-order chi connectivity index (χ1) is 15.1. The predicted octanol–water partition coefficient (Wildman–Crippen LogP) is 1.42. The van der Waals surface area contributed by atoms with Crippen molar-refractivity contribution in [2.45, 2.75) is 6.18 Å². The number of methoxy groups -OCH3 is 2. The Balaban J connectivity index is 1.95. The van der Waals surface area contributed by atoms with E-state index in [2.05, 4.69) is 29.8 Å². The van der Waals surface area contributed by atoms with Crippen molar-refractivity contribution >= 4 is 28.7 Å². The maximum Gasteiger partial charge on any atom is 0.453 e. The molecule has 4 rings (SSSR count). The summed E-state index contributed by atoms with van der Waals surface area (Å²) in [7, 11) is 2.28. The molecular weight excluding hydrogens is 437 g/mol. The first-order valence-electron chi connectivity index (χ1n) is 8.68. The van der Waals surface area contributed by atoms with E-state index in [0.717, 1.165) is 23.3 Å². The van der Waals surface area contributed by atoms with Gasteiger partial charge >= 0.3 is 18.1 Å². The Morgan fingerprint density at radius 1 is 1.00 bits per heavy atom. The topological polar surface area (TPSA) is 131 Å². The van der Waals surface area contributed by atoms with Crippen molar-refractivity contribution in [3.63, 3.8) is 0 Å². The highest BCUT2D eigenvalue weighted by atomic mass is 19.4. The molecule has 0 bridgehead atoms. The van der Waals surface area contributed by atoms with Crippen LogP contribution < -0.4 is 5.56 Å². The maximum atomic E-state index is 13.0. The lowest BCUT2D eigenvalue weighted by Crippen LogP contribution is -2.21. The molecule has 1 aromatic carbocycles. The van der Waals surface area contributed by atoms with Gasteiger partial charge in [-0.2, -0.15) is 22.7 Å². The van der Waals surface area contributed by atoms with Gasteiger partial charge in [-0.15, -0.1) is 15.3 Å². The molecule has 4 aromatic rings. The van der Waals surface area contributed by atoms with E-state index in [-0.39, 0.29) is 27.8 Å². The first-order valence-corrected chi connectivity index (χ1v) is 8.68. The molecule has 0 N–H and O–H groups in total. The normalized spacial score (nSPS) is 11.7. The van der Waals surface area contributed by atoms with Gasteiger partial charge in [-0.3, -0.25) is 9.36 Å². The number of alkyl halides is 3. The molecule has 0 aliphatic heterocycles. The van der Waals surface area contributed by atoms with Crippen LogP contribution in [-0.4, -0.2) is 55.5 Å². The number of halogens is 3. The van der Waals surface area contributed by atoms with E-state index < -0.39 is 35.3 Å². The van der Waals surface area contributed by atoms with Crippen LogP contribution in [0.15, 0.2) is 35.3 Å². The minimum atomic E-state index is -4.81. The van der Waals surface area contributed by atoms with Crippen LogP contribution in [-0.2, 0) is 15.7 Å². The number of fused-ring (bicyclic) bond motifs is 3. The average Bonchev–Trinajstić information content (AvgIpc) is 3.23. The van der Waals surface area contributed by atoms with Crippen molar-refractivity contribution in [2.24, 2.45) is 0 Å². The highest BCUT2D eigenvalue weighted by Crippen LogP contribution is 2.26. The molecule has 0 atom stereocenters. The maximum absolute atomic E-state index is 13.0. The van der Waals surface area contributed by atoms with Crippen molar-refractivity contribution in [1.29, 1.82) is 0 Å². The smallest absolute Gasteiger partial charge is 0.453 e. The monoisotopic (exact) mass is 448 g/mol. The lowest BCUT2D eigenvalue weighted by molar-refractivity contribution is -0.144. The number of benzene rings is 1. The Labute approximate surface area is 175 Å². The van der Waals surface area contributed by atoms with Crippen LogP contribution in [0.3, 0.4) is 0 Å². The third-order valence-corrected chi connectivity index (χ3v) is 4.39. The number of hydrogen-bond donors (Lipinski definition) is 0. The van der Waals surface area contributed by atoms with Crippen molar-refractivity contribution in [3.05, 3.63) is 57.8 Å². The average molecular weight is 448 g/mol. The lowest BCUT2D eigenvalue weighted by Gasteiger charge is -2.11. The number of hydrogen-bond acceptors (Lipinski definition) is 9. The second-order valence-corrected chi connectivity index (χ2v) is 6.32. The van der Waals surface area contributed by atoms with Gasteiger partial charge in [-0.05, 0) is 24.3 Å². The third-order valence-electron chi connectivity index (χ3n) is 4.39. The number of carbonyl (C=O) groups excluding carboxylic acids is 2. The van der Waals surface area contributed by atoms with E-state index in [1.807, 2.05) is 0 Å². The summed E-state index contributed by atoms with van der Waals surface area (Å²) < 4.78 is 49.9. The molecule has 3 heterocycles. The number of rotatable bonds is 3. The summed E-state index contributed by atoms with van der Waals surface area (Å²) in [6.07, 6.45) is -3.59. The van der Waals surface area contributed by atoms with Gasteiger partial charge < -0.3 is 9.47 Å². The summed E-state index contributed by atoms with van der Waals surface area (Å²) in [6, 6.07) is 5.07. The zero-order chi connectivity index (χ0) is 23.2. The molecule has 0 aliphatic rings. The summed E-state index contributed by atoms with van der Waals surface area (Å²) in [5.74, 6) is -3.41. The van der Waals surface area contributed by atoms with Gasteiger partial charge in [0.15, 0.2) is 5.52 Å². The summed E-state index contributed by atoms with van der Waals surface area (Å²) in [4.78, 5) is 40.3. The summed E-state index contributed by atoms with van der Waals surface area (Å²) in [5, 5.41) is 10.6. The van der Waals surface area contributed by atoms with Gasteiger partial charge in [0.1, 0.15) is 5.52 Å². The molecule has 3 aromatic heterocycles. The first kappa shape index (κ1) is 20.9. The molecule has 14 heteroatoms. The van der Waals surface area contributed by atoms with E-state index in [1.54, 1.807) is 0 Å². The quantitative estimate of drug-likeness (QED) is 0.427.